The van der Waals surface area contributed by atoms with Gasteiger partial charge in [0, 0.05) is 31.5 Å². The van der Waals surface area contributed by atoms with E-state index in [2.05, 4.69) is 56.4 Å². The standard InChI is InChI=1S/C28H26N8O2.2Na/c1-2-3-8-23-30-22-13-14-35-25(26(37)21(15-29)28(35)38)24(22)36(23)16-17-9-11-18(12-10-17)19-6-4-5-7-20(19)27-31-33-34-32-27;;/h4-7,9-12,25,37H,2-3,8,13-14,16H2,1H3,(H,31,32,33,34);;/q;2*+1. The first-order valence-electron chi connectivity index (χ1n) is 12.7. The number of aliphatic hydroxyl groups excluding tert-OH is 1. The molecule has 0 radical (unpaired) electrons. The van der Waals surface area contributed by atoms with Gasteiger partial charge in [-0.1, -0.05) is 61.9 Å². The van der Waals surface area contributed by atoms with Crippen LogP contribution in [0, 0.1) is 11.3 Å². The number of rotatable bonds is 7. The van der Waals surface area contributed by atoms with E-state index in [1.54, 1.807) is 4.90 Å². The van der Waals surface area contributed by atoms with Crippen LogP contribution in [0.25, 0.3) is 22.5 Å². The fraction of sp³-hybridized carbons (Fsp3) is 0.286. The van der Waals surface area contributed by atoms with E-state index in [1.807, 2.05) is 30.3 Å². The molecule has 0 aliphatic carbocycles. The minimum atomic E-state index is -0.662. The number of amides is 1. The van der Waals surface area contributed by atoms with Gasteiger partial charge in [-0.2, -0.15) is 10.5 Å². The number of aryl methyl sites for hydroxylation is 1. The summed E-state index contributed by atoms with van der Waals surface area (Å²) < 4.78 is 2.13. The Morgan fingerprint density at radius 2 is 1.88 bits per heavy atom. The fourth-order valence-corrected chi connectivity index (χ4v) is 5.43. The van der Waals surface area contributed by atoms with Crippen LogP contribution >= 0.6 is 0 Å². The summed E-state index contributed by atoms with van der Waals surface area (Å²) in [7, 11) is 0. The van der Waals surface area contributed by atoms with Gasteiger partial charge in [0.1, 0.15) is 23.7 Å². The molecule has 190 valence electrons. The second kappa shape index (κ2) is 12.8. The molecule has 10 nitrogen and oxygen atoms in total. The third kappa shape index (κ3) is 5.30. The average Bonchev–Trinajstić information content (AvgIpc) is 3.66. The number of nitrogens with zero attached hydrogens (tertiary/aromatic N) is 7. The molecule has 0 spiro atoms. The summed E-state index contributed by atoms with van der Waals surface area (Å²) in [4.78, 5) is 19.3. The number of carbonyl (C=O) groups is 1. The quantitative estimate of drug-likeness (QED) is 0.251. The van der Waals surface area contributed by atoms with Crippen molar-refractivity contribution in [2.24, 2.45) is 0 Å². The maximum atomic E-state index is 12.8. The largest absolute Gasteiger partial charge is 1.00 e. The van der Waals surface area contributed by atoms with Crippen LogP contribution in [0.2, 0.25) is 0 Å². The summed E-state index contributed by atoms with van der Waals surface area (Å²) in [5, 5.41) is 34.8. The van der Waals surface area contributed by atoms with Crippen molar-refractivity contribution in [1.82, 2.24) is 35.1 Å². The van der Waals surface area contributed by atoms with Crippen LogP contribution < -0.4 is 59.1 Å². The third-order valence-corrected chi connectivity index (χ3v) is 7.30. The van der Waals surface area contributed by atoms with E-state index in [-0.39, 0.29) is 70.4 Å². The van der Waals surface area contributed by atoms with Gasteiger partial charge >= 0.3 is 59.1 Å². The van der Waals surface area contributed by atoms with Gasteiger partial charge < -0.3 is 14.6 Å². The topological polar surface area (TPSA) is 137 Å². The first kappa shape index (κ1) is 30.2. The van der Waals surface area contributed by atoms with Gasteiger partial charge in [0.2, 0.25) is 5.82 Å². The van der Waals surface area contributed by atoms with E-state index in [1.165, 1.54) is 0 Å². The fourth-order valence-electron chi connectivity index (χ4n) is 5.43. The molecule has 2 aliphatic rings. The number of imidazole rings is 1. The van der Waals surface area contributed by atoms with Crippen LogP contribution in [-0.2, 0) is 24.2 Å². The Balaban J connectivity index is 0.00000185. The second-order valence-corrected chi connectivity index (χ2v) is 9.55. The maximum Gasteiger partial charge on any atom is 1.00 e. The van der Waals surface area contributed by atoms with Gasteiger partial charge in [-0.05, 0) is 28.3 Å². The Labute approximate surface area is 276 Å². The van der Waals surface area contributed by atoms with Crippen molar-refractivity contribution in [3.05, 3.63) is 82.6 Å². The van der Waals surface area contributed by atoms with Crippen LogP contribution in [-0.4, -0.2) is 52.6 Å². The number of tetrazole rings is 1. The molecule has 2 aliphatic heterocycles. The molecule has 6 rings (SSSR count). The van der Waals surface area contributed by atoms with Gasteiger partial charge in [0.25, 0.3) is 5.91 Å². The predicted molar refractivity (Wildman–Crippen MR) is 138 cm³/mol. The van der Waals surface area contributed by atoms with Crippen molar-refractivity contribution in [1.29, 1.82) is 5.26 Å². The monoisotopic (exact) mass is 552 g/mol. The van der Waals surface area contributed by atoms with Crippen LogP contribution in [0.4, 0.5) is 0 Å². The summed E-state index contributed by atoms with van der Waals surface area (Å²) in [6, 6.07) is 17.5. The number of nitrogens with one attached hydrogen (secondary N) is 1. The van der Waals surface area contributed by atoms with Crippen molar-refractivity contribution >= 4 is 5.91 Å². The molecule has 4 heterocycles. The van der Waals surface area contributed by atoms with E-state index in [9.17, 15) is 15.2 Å². The molecule has 1 unspecified atom stereocenters. The van der Waals surface area contributed by atoms with Crippen molar-refractivity contribution in [3.8, 4) is 28.6 Å². The zero-order valence-electron chi connectivity index (χ0n) is 22.9. The molecule has 12 heteroatoms. The molecule has 2 aromatic carbocycles. The van der Waals surface area contributed by atoms with Crippen molar-refractivity contribution < 1.29 is 69.0 Å². The SMILES string of the molecule is CCCCc1nc2c(n1Cc1ccc(-c3ccccc3-c3nn[nH]n3)cc1)C1C(O)=C(C#N)C(=O)N1CC2.[Na+].[Na+]. The third-order valence-electron chi connectivity index (χ3n) is 7.30. The van der Waals surface area contributed by atoms with E-state index < -0.39 is 11.9 Å². The van der Waals surface area contributed by atoms with Crippen molar-refractivity contribution in [2.45, 2.75) is 45.2 Å². The van der Waals surface area contributed by atoms with E-state index in [0.29, 0.717) is 25.3 Å². The number of aromatic nitrogens is 6. The number of aromatic amines is 1. The molecule has 4 aromatic rings. The minimum absolute atomic E-state index is 0. The van der Waals surface area contributed by atoms with Gasteiger partial charge in [-0.15, -0.1) is 10.2 Å². The molecule has 0 saturated carbocycles. The van der Waals surface area contributed by atoms with Crippen LogP contribution in [0.3, 0.4) is 0 Å². The molecule has 0 saturated heterocycles. The van der Waals surface area contributed by atoms with Gasteiger partial charge in [0.15, 0.2) is 5.57 Å². The summed E-state index contributed by atoms with van der Waals surface area (Å²) >= 11 is 0. The number of fused-ring (bicyclic) bond motifs is 3. The Hall–Kier alpha value is -2.78. The number of aliphatic hydroxyl groups is 1. The zero-order chi connectivity index (χ0) is 26.2. The molecule has 1 atom stereocenters. The Morgan fingerprint density at radius 3 is 2.55 bits per heavy atom. The van der Waals surface area contributed by atoms with E-state index in [4.69, 9.17) is 4.98 Å². The molecule has 2 N–H and O–H groups in total. The Morgan fingerprint density at radius 1 is 1.12 bits per heavy atom. The van der Waals surface area contributed by atoms with Crippen molar-refractivity contribution in [2.75, 3.05) is 6.54 Å². The molecular weight excluding hydrogens is 526 g/mol. The Bertz CT molecular complexity index is 1590. The van der Waals surface area contributed by atoms with E-state index in [0.717, 1.165) is 58.7 Å². The van der Waals surface area contributed by atoms with E-state index >= 15 is 0 Å². The van der Waals surface area contributed by atoms with Crippen LogP contribution in [0.1, 0.15) is 48.6 Å². The minimum Gasteiger partial charge on any atom is -0.508 e. The summed E-state index contributed by atoms with van der Waals surface area (Å²) in [5.74, 6) is 0.898. The predicted octanol–water partition coefficient (Wildman–Crippen LogP) is -2.10. The number of benzene rings is 2. The number of hydrogen-bond acceptors (Lipinski definition) is 7. The summed E-state index contributed by atoms with van der Waals surface area (Å²) in [5.41, 5.74) is 5.51. The summed E-state index contributed by atoms with van der Waals surface area (Å²) in [6.07, 6.45) is 3.42. The molecule has 1 amide bonds. The van der Waals surface area contributed by atoms with Crippen LogP contribution in [0.15, 0.2) is 59.9 Å². The smallest absolute Gasteiger partial charge is 0.508 e. The molecule has 2 aromatic heterocycles. The van der Waals surface area contributed by atoms with Gasteiger partial charge in [-0.25, -0.2) is 4.98 Å². The van der Waals surface area contributed by atoms with Crippen LogP contribution in [0.5, 0.6) is 0 Å². The maximum absolute atomic E-state index is 12.8. The summed E-state index contributed by atoms with van der Waals surface area (Å²) in [6.45, 7) is 3.12. The number of nitriles is 1. The zero-order valence-corrected chi connectivity index (χ0v) is 26.9. The van der Waals surface area contributed by atoms with Crippen molar-refractivity contribution in [3.63, 3.8) is 0 Å². The average molecular weight is 553 g/mol. The number of hydrogen-bond donors (Lipinski definition) is 2. The number of H-pyrrole nitrogens is 1. The Kier molecular flexibility index (Phi) is 9.67. The molecule has 0 fully saturated rings. The molecule has 40 heavy (non-hydrogen) atoms. The molecule has 0 bridgehead atoms. The number of unbranched alkanes of at least 4 members (excludes halogenated alkanes) is 1. The first-order valence-corrected chi connectivity index (χ1v) is 12.7. The first-order chi connectivity index (χ1) is 18.6. The van der Waals surface area contributed by atoms with Gasteiger partial charge in [0.05, 0.1) is 11.4 Å². The number of carbonyl (C=O) groups excluding carboxylic acids is 1. The molecular formula is C28H26N8Na2O2+2. The van der Waals surface area contributed by atoms with Gasteiger partial charge in [-0.3, -0.25) is 4.79 Å². The normalized spacial score (nSPS) is 15.7. The second-order valence-electron chi connectivity index (χ2n) is 9.55.